The highest BCUT2D eigenvalue weighted by molar-refractivity contribution is 6.02. The van der Waals surface area contributed by atoms with Crippen molar-refractivity contribution < 1.29 is 14.7 Å². The minimum Gasteiger partial charge on any atom is -0.481 e. The number of rotatable bonds is 8. The first kappa shape index (κ1) is 17.4. The lowest BCUT2D eigenvalue weighted by Crippen LogP contribution is -2.13. The average Bonchev–Trinajstić information content (AvgIpc) is 3.34. The average molecular weight is 357 g/mol. The molecule has 2 N–H and O–H groups in total. The summed E-state index contributed by atoms with van der Waals surface area (Å²) in [5.41, 5.74) is 1.79. The molecule has 0 aromatic carbocycles. The third-order valence-electron chi connectivity index (χ3n) is 3.67. The van der Waals surface area contributed by atoms with Gasteiger partial charge in [0.2, 0.25) is 0 Å². The molecule has 26 heavy (non-hydrogen) atoms. The van der Waals surface area contributed by atoms with Gasteiger partial charge < -0.3 is 10.4 Å². The number of carboxylic acids is 1. The molecule has 0 spiro atoms. The largest absolute Gasteiger partial charge is 0.481 e. The van der Waals surface area contributed by atoms with Crippen molar-refractivity contribution in [2.75, 3.05) is 5.32 Å². The molecule has 3 heterocycles. The van der Waals surface area contributed by atoms with Gasteiger partial charge in [-0.15, -0.1) is 0 Å². The van der Waals surface area contributed by atoms with Gasteiger partial charge in [0.25, 0.3) is 5.91 Å². The number of nitrogens with zero attached hydrogens (tertiary/aromatic N) is 6. The quantitative estimate of drug-likeness (QED) is 0.622. The summed E-state index contributed by atoms with van der Waals surface area (Å²) >= 11 is 0. The number of carboxylic acid groups (broad SMARTS) is 1. The van der Waals surface area contributed by atoms with Crippen molar-refractivity contribution in [2.24, 2.45) is 0 Å². The van der Waals surface area contributed by atoms with Crippen LogP contribution in [0.15, 0.2) is 37.1 Å². The van der Waals surface area contributed by atoms with Crippen LogP contribution in [0.4, 0.5) is 5.69 Å². The predicted molar refractivity (Wildman–Crippen MR) is 91.7 cm³/mol. The highest BCUT2D eigenvalue weighted by Gasteiger charge is 2.12. The Hall–Kier alpha value is -3.43. The minimum atomic E-state index is -0.914. The second kappa shape index (κ2) is 7.64. The summed E-state index contributed by atoms with van der Waals surface area (Å²) in [5, 5.41) is 23.9. The lowest BCUT2D eigenvalue weighted by atomic mass is 10.3. The summed E-state index contributed by atoms with van der Waals surface area (Å²) in [6.07, 6.45) is 8.54. The van der Waals surface area contributed by atoms with E-state index in [-0.39, 0.29) is 24.6 Å². The van der Waals surface area contributed by atoms with E-state index >= 15 is 0 Å². The van der Waals surface area contributed by atoms with Gasteiger partial charge in [0, 0.05) is 30.7 Å². The Bertz CT molecular complexity index is 908. The van der Waals surface area contributed by atoms with Crippen molar-refractivity contribution in [2.45, 2.75) is 33.0 Å². The third kappa shape index (κ3) is 4.35. The van der Waals surface area contributed by atoms with Crippen molar-refractivity contribution >= 4 is 17.6 Å². The summed E-state index contributed by atoms with van der Waals surface area (Å²) in [4.78, 5) is 22.8. The van der Waals surface area contributed by atoms with Gasteiger partial charge in [-0.3, -0.25) is 23.6 Å². The highest BCUT2D eigenvalue weighted by atomic mass is 16.4. The molecule has 0 radical (unpaired) electrons. The number of aromatic nitrogens is 6. The van der Waals surface area contributed by atoms with Crippen molar-refractivity contribution in [3.8, 4) is 0 Å². The first-order valence-electron chi connectivity index (χ1n) is 8.14. The van der Waals surface area contributed by atoms with E-state index < -0.39 is 5.97 Å². The molecule has 1 amide bonds. The normalized spacial score (nSPS) is 10.8. The van der Waals surface area contributed by atoms with Crippen LogP contribution < -0.4 is 5.32 Å². The van der Waals surface area contributed by atoms with Crippen molar-refractivity contribution in [1.82, 2.24) is 29.3 Å². The lowest BCUT2D eigenvalue weighted by Gasteiger charge is -2.00. The molecule has 136 valence electrons. The zero-order valence-corrected chi connectivity index (χ0v) is 14.2. The van der Waals surface area contributed by atoms with Gasteiger partial charge in [0.05, 0.1) is 37.6 Å². The van der Waals surface area contributed by atoms with Crippen LogP contribution in [-0.4, -0.2) is 46.3 Å². The molecule has 10 nitrogen and oxygen atoms in total. The predicted octanol–water partition coefficient (Wildman–Crippen LogP) is 1.07. The van der Waals surface area contributed by atoms with Crippen LogP contribution in [0.3, 0.4) is 0 Å². The molecular weight excluding hydrogens is 338 g/mol. The van der Waals surface area contributed by atoms with Crippen LogP contribution in [0, 0.1) is 0 Å². The first-order valence-corrected chi connectivity index (χ1v) is 8.14. The smallest absolute Gasteiger partial charge is 0.305 e. The van der Waals surface area contributed by atoms with Gasteiger partial charge in [0.15, 0.2) is 5.69 Å². The maximum absolute atomic E-state index is 12.2. The zero-order chi connectivity index (χ0) is 18.5. The molecule has 0 unspecified atom stereocenters. The van der Waals surface area contributed by atoms with Crippen molar-refractivity contribution in [3.63, 3.8) is 0 Å². The molecule has 0 saturated heterocycles. The van der Waals surface area contributed by atoms with Crippen LogP contribution in [0.25, 0.3) is 0 Å². The zero-order valence-electron chi connectivity index (χ0n) is 14.2. The molecule has 0 aliphatic heterocycles. The maximum Gasteiger partial charge on any atom is 0.305 e. The fourth-order valence-electron chi connectivity index (χ4n) is 2.38. The second-order valence-electron chi connectivity index (χ2n) is 5.69. The number of carbonyl (C=O) groups excluding carboxylic acids is 1. The number of aryl methyl sites for hydroxylation is 2. The lowest BCUT2D eigenvalue weighted by molar-refractivity contribution is -0.137. The standard InChI is InChI=1S/C16H19N7O3/c1-2-21-9-12(7-17-21)10-23-11-13(8-18-23)19-16(26)14-3-5-22(20-14)6-4-15(24)25/h3,5,7-9,11H,2,4,6,10H2,1H3,(H,19,26)(H,24,25). The van der Waals surface area contributed by atoms with E-state index in [4.69, 9.17) is 5.11 Å². The van der Waals surface area contributed by atoms with E-state index in [1.807, 2.05) is 17.8 Å². The Morgan fingerprint density at radius 2 is 1.96 bits per heavy atom. The molecular formula is C16H19N7O3. The summed E-state index contributed by atoms with van der Waals surface area (Å²) in [5.74, 6) is -1.29. The van der Waals surface area contributed by atoms with E-state index in [0.29, 0.717) is 12.2 Å². The Morgan fingerprint density at radius 3 is 2.69 bits per heavy atom. The molecule has 3 aromatic rings. The number of anilines is 1. The number of aliphatic carboxylic acids is 1. The molecule has 10 heteroatoms. The Morgan fingerprint density at radius 1 is 1.15 bits per heavy atom. The number of amides is 1. The monoisotopic (exact) mass is 357 g/mol. The van der Waals surface area contributed by atoms with Gasteiger partial charge in [-0.2, -0.15) is 15.3 Å². The molecule has 0 atom stereocenters. The SMILES string of the molecule is CCn1cc(Cn2cc(NC(=O)c3ccn(CCC(=O)O)n3)cn2)cn1. The van der Waals surface area contributed by atoms with Crippen LogP contribution in [0.2, 0.25) is 0 Å². The van der Waals surface area contributed by atoms with E-state index in [9.17, 15) is 9.59 Å². The van der Waals surface area contributed by atoms with E-state index in [1.54, 1.807) is 35.5 Å². The van der Waals surface area contributed by atoms with Crippen LogP contribution in [0.5, 0.6) is 0 Å². The summed E-state index contributed by atoms with van der Waals surface area (Å²) < 4.78 is 4.97. The van der Waals surface area contributed by atoms with E-state index in [1.165, 1.54) is 4.68 Å². The fraction of sp³-hybridized carbons (Fsp3) is 0.312. The molecule has 0 bridgehead atoms. The van der Waals surface area contributed by atoms with Gasteiger partial charge in [-0.1, -0.05) is 0 Å². The van der Waals surface area contributed by atoms with Crippen LogP contribution in [0.1, 0.15) is 29.4 Å². The summed E-state index contributed by atoms with van der Waals surface area (Å²) in [6.45, 7) is 3.59. The summed E-state index contributed by atoms with van der Waals surface area (Å²) in [6, 6.07) is 1.54. The van der Waals surface area contributed by atoms with E-state index in [0.717, 1.165) is 12.1 Å². The first-order chi connectivity index (χ1) is 12.5. The minimum absolute atomic E-state index is 0.0515. The molecule has 0 aliphatic carbocycles. The molecule has 0 aliphatic rings. The summed E-state index contributed by atoms with van der Waals surface area (Å²) in [7, 11) is 0. The van der Waals surface area contributed by atoms with Gasteiger partial charge >= 0.3 is 5.97 Å². The van der Waals surface area contributed by atoms with E-state index in [2.05, 4.69) is 20.6 Å². The topological polar surface area (TPSA) is 120 Å². The number of carbonyl (C=O) groups is 2. The highest BCUT2D eigenvalue weighted by Crippen LogP contribution is 2.09. The third-order valence-corrected chi connectivity index (χ3v) is 3.67. The number of hydrogen-bond donors (Lipinski definition) is 2. The van der Waals surface area contributed by atoms with Gasteiger partial charge in [-0.05, 0) is 13.0 Å². The number of nitrogens with one attached hydrogen (secondary N) is 1. The van der Waals surface area contributed by atoms with Crippen molar-refractivity contribution in [3.05, 3.63) is 48.3 Å². The maximum atomic E-state index is 12.2. The van der Waals surface area contributed by atoms with Crippen molar-refractivity contribution in [1.29, 1.82) is 0 Å². The van der Waals surface area contributed by atoms with Gasteiger partial charge in [-0.25, -0.2) is 0 Å². The molecule has 3 rings (SSSR count). The Labute approximate surface area is 149 Å². The molecule has 0 fully saturated rings. The Kier molecular flexibility index (Phi) is 5.11. The molecule has 3 aromatic heterocycles. The fourth-order valence-corrected chi connectivity index (χ4v) is 2.38. The van der Waals surface area contributed by atoms with Gasteiger partial charge in [0.1, 0.15) is 0 Å². The molecule has 0 saturated carbocycles. The number of hydrogen-bond acceptors (Lipinski definition) is 5. The van der Waals surface area contributed by atoms with Crippen LogP contribution in [-0.2, 0) is 24.4 Å². The Balaban J connectivity index is 1.58. The second-order valence-corrected chi connectivity index (χ2v) is 5.69. The van der Waals surface area contributed by atoms with Crippen LogP contribution >= 0.6 is 0 Å².